The number of benzene rings is 2. The normalized spacial score (nSPS) is 11.2. The zero-order valence-corrected chi connectivity index (χ0v) is 18.6. The number of fused-ring (bicyclic) bond motifs is 2. The monoisotopic (exact) mass is 434 g/mol. The summed E-state index contributed by atoms with van der Waals surface area (Å²) in [5.41, 5.74) is 1.81. The third-order valence-corrected chi connectivity index (χ3v) is 5.63. The van der Waals surface area contributed by atoms with Crippen LogP contribution < -0.4 is 10.6 Å². The number of thioether (sulfide) groups is 1. The van der Waals surface area contributed by atoms with Crippen molar-refractivity contribution in [3.63, 3.8) is 0 Å². The van der Waals surface area contributed by atoms with Gasteiger partial charge in [0.05, 0.1) is 24.5 Å². The van der Waals surface area contributed by atoms with E-state index in [1.165, 1.54) is 11.8 Å². The van der Waals surface area contributed by atoms with Gasteiger partial charge in [-0.05, 0) is 29.0 Å². The summed E-state index contributed by atoms with van der Waals surface area (Å²) in [7, 11) is 0. The molecule has 0 bridgehead atoms. The first-order valence-corrected chi connectivity index (χ1v) is 11.7. The van der Waals surface area contributed by atoms with Gasteiger partial charge in [-0.2, -0.15) is 5.10 Å². The number of hydrogen-bond acceptors (Lipinski definition) is 6. The maximum atomic E-state index is 12.5. The number of carbonyl (C=O) groups excluding carboxylic acids is 1. The molecule has 4 aromatic rings. The molecule has 0 spiro atoms. The highest BCUT2D eigenvalue weighted by Gasteiger charge is 2.13. The average molecular weight is 435 g/mol. The molecule has 31 heavy (non-hydrogen) atoms. The molecular formula is C23H26N6OS. The van der Waals surface area contributed by atoms with E-state index >= 15 is 0 Å². The summed E-state index contributed by atoms with van der Waals surface area (Å²) in [5, 5.41) is 14.7. The lowest BCUT2D eigenvalue weighted by atomic mass is 10.0. The summed E-state index contributed by atoms with van der Waals surface area (Å²) in [6, 6.07) is 14.2. The first kappa shape index (κ1) is 21.1. The molecule has 0 atom stereocenters. The number of rotatable bonds is 9. The van der Waals surface area contributed by atoms with E-state index in [1.807, 2.05) is 35.2 Å². The minimum Gasteiger partial charge on any atom is -0.369 e. The van der Waals surface area contributed by atoms with E-state index < -0.39 is 0 Å². The summed E-state index contributed by atoms with van der Waals surface area (Å²) < 4.78 is 1.83. The summed E-state index contributed by atoms with van der Waals surface area (Å²) in [4.78, 5) is 21.7. The highest BCUT2D eigenvalue weighted by molar-refractivity contribution is 7.98. The molecule has 2 aromatic heterocycles. The Morgan fingerprint density at radius 2 is 1.90 bits per heavy atom. The van der Waals surface area contributed by atoms with Crippen LogP contribution in [0.15, 0.2) is 53.8 Å². The van der Waals surface area contributed by atoms with Gasteiger partial charge in [0.2, 0.25) is 5.91 Å². The predicted molar refractivity (Wildman–Crippen MR) is 127 cm³/mol. The Morgan fingerprint density at radius 1 is 1.06 bits per heavy atom. The van der Waals surface area contributed by atoms with Gasteiger partial charge < -0.3 is 10.6 Å². The highest BCUT2D eigenvalue weighted by atomic mass is 32.2. The van der Waals surface area contributed by atoms with Crippen LogP contribution in [-0.4, -0.2) is 45.0 Å². The van der Waals surface area contributed by atoms with Crippen LogP contribution in [0.4, 0.5) is 5.82 Å². The molecule has 0 aliphatic carbocycles. The molecule has 0 unspecified atom stereocenters. The molecule has 2 heterocycles. The number of carbonyl (C=O) groups is 1. The third-order valence-electron chi connectivity index (χ3n) is 5.08. The Morgan fingerprint density at radius 3 is 2.74 bits per heavy atom. The number of nitrogens with one attached hydrogen (secondary N) is 2. The van der Waals surface area contributed by atoms with Crippen molar-refractivity contribution in [1.82, 2.24) is 25.1 Å². The lowest BCUT2D eigenvalue weighted by Gasteiger charge is -2.09. The first-order valence-electron chi connectivity index (χ1n) is 10.4. The predicted octanol–water partition coefficient (Wildman–Crippen LogP) is 3.88. The number of amides is 1. The standard InChI is InChI=1S/C23H26N6OS/c1-3-11-25-21-19-15-26-29(22(19)28-23(27-21)31-2)13-12-24-20(30)14-17-9-6-8-16-7-4-5-10-18(16)17/h4-10,15H,3,11-14H2,1-2H3,(H,24,30)(H,25,27,28). The van der Waals surface area contributed by atoms with Crippen LogP contribution in [0.25, 0.3) is 21.8 Å². The highest BCUT2D eigenvalue weighted by Crippen LogP contribution is 2.23. The van der Waals surface area contributed by atoms with Gasteiger partial charge in [-0.1, -0.05) is 61.2 Å². The molecule has 1 amide bonds. The Kier molecular flexibility index (Phi) is 6.66. The smallest absolute Gasteiger partial charge is 0.224 e. The van der Waals surface area contributed by atoms with Crippen molar-refractivity contribution in [2.75, 3.05) is 24.7 Å². The van der Waals surface area contributed by atoms with Crippen molar-refractivity contribution in [3.8, 4) is 0 Å². The number of hydrogen-bond donors (Lipinski definition) is 2. The fourth-order valence-corrected chi connectivity index (χ4v) is 3.91. The van der Waals surface area contributed by atoms with Crippen LogP contribution in [0.2, 0.25) is 0 Å². The molecule has 7 nitrogen and oxygen atoms in total. The average Bonchev–Trinajstić information content (AvgIpc) is 3.20. The van der Waals surface area contributed by atoms with Crippen LogP contribution in [-0.2, 0) is 17.8 Å². The Hall–Kier alpha value is -3.13. The van der Waals surface area contributed by atoms with E-state index in [0.717, 1.165) is 46.2 Å². The van der Waals surface area contributed by atoms with Crippen LogP contribution in [0.3, 0.4) is 0 Å². The first-order chi connectivity index (χ1) is 15.2. The fourth-order valence-electron chi connectivity index (χ4n) is 3.55. The Balaban J connectivity index is 1.42. The van der Waals surface area contributed by atoms with Crippen molar-refractivity contribution in [1.29, 1.82) is 0 Å². The van der Waals surface area contributed by atoms with E-state index in [-0.39, 0.29) is 5.91 Å². The molecular weight excluding hydrogens is 408 g/mol. The van der Waals surface area contributed by atoms with Crippen molar-refractivity contribution in [2.24, 2.45) is 0 Å². The van der Waals surface area contributed by atoms with E-state index in [4.69, 9.17) is 0 Å². The van der Waals surface area contributed by atoms with Crippen molar-refractivity contribution in [3.05, 3.63) is 54.2 Å². The largest absolute Gasteiger partial charge is 0.369 e. The Bertz CT molecular complexity index is 1200. The van der Waals surface area contributed by atoms with Crippen LogP contribution in [0, 0.1) is 0 Å². The minimum atomic E-state index is -0.00227. The second kappa shape index (κ2) is 9.78. The van der Waals surface area contributed by atoms with Gasteiger partial charge in [0.1, 0.15) is 5.82 Å². The molecule has 0 aliphatic rings. The minimum absolute atomic E-state index is 0.00227. The van der Waals surface area contributed by atoms with Gasteiger partial charge in [0, 0.05) is 13.1 Å². The summed E-state index contributed by atoms with van der Waals surface area (Å²) in [6.07, 6.45) is 5.11. The SMILES string of the molecule is CCCNc1nc(SC)nc2c1cnn2CCNC(=O)Cc1cccc2ccccc12. The topological polar surface area (TPSA) is 84.7 Å². The summed E-state index contributed by atoms with van der Waals surface area (Å²) in [5.74, 6) is 0.806. The zero-order valence-electron chi connectivity index (χ0n) is 17.8. The van der Waals surface area contributed by atoms with Crippen LogP contribution in [0.5, 0.6) is 0 Å². The molecule has 160 valence electrons. The van der Waals surface area contributed by atoms with Crippen LogP contribution >= 0.6 is 11.8 Å². The quantitative estimate of drug-likeness (QED) is 0.307. The molecule has 4 rings (SSSR count). The number of anilines is 1. The summed E-state index contributed by atoms with van der Waals surface area (Å²) in [6.45, 7) is 3.99. The lowest BCUT2D eigenvalue weighted by Crippen LogP contribution is -2.29. The van der Waals surface area contributed by atoms with Gasteiger partial charge in [-0.15, -0.1) is 0 Å². The lowest BCUT2D eigenvalue weighted by molar-refractivity contribution is -0.120. The molecule has 0 aliphatic heterocycles. The molecule has 0 radical (unpaired) electrons. The molecule has 2 aromatic carbocycles. The van der Waals surface area contributed by atoms with E-state index in [2.05, 4.69) is 50.8 Å². The second-order valence-electron chi connectivity index (χ2n) is 7.26. The Labute approximate surface area is 185 Å². The van der Waals surface area contributed by atoms with Crippen molar-refractivity contribution < 1.29 is 4.79 Å². The number of aromatic nitrogens is 4. The zero-order chi connectivity index (χ0) is 21.6. The van der Waals surface area contributed by atoms with Gasteiger partial charge in [0.25, 0.3) is 0 Å². The van der Waals surface area contributed by atoms with Gasteiger partial charge in [0.15, 0.2) is 10.8 Å². The van der Waals surface area contributed by atoms with Crippen molar-refractivity contribution >= 4 is 45.3 Å². The number of nitrogens with zero attached hydrogens (tertiary/aromatic N) is 4. The summed E-state index contributed by atoms with van der Waals surface area (Å²) >= 11 is 1.50. The van der Waals surface area contributed by atoms with Gasteiger partial charge in [-0.3, -0.25) is 4.79 Å². The fraction of sp³-hybridized carbons (Fsp3) is 0.304. The molecule has 0 fully saturated rings. The molecule has 0 saturated carbocycles. The molecule has 2 N–H and O–H groups in total. The molecule has 0 saturated heterocycles. The van der Waals surface area contributed by atoms with Crippen molar-refractivity contribution in [2.45, 2.75) is 31.5 Å². The third kappa shape index (κ3) is 4.80. The molecule has 8 heteroatoms. The van der Waals surface area contributed by atoms with Gasteiger partial charge in [-0.25, -0.2) is 14.6 Å². The maximum Gasteiger partial charge on any atom is 0.224 e. The van der Waals surface area contributed by atoms with E-state index in [0.29, 0.717) is 24.7 Å². The maximum absolute atomic E-state index is 12.5. The van der Waals surface area contributed by atoms with E-state index in [9.17, 15) is 4.79 Å². The van der Waals surface area contributed by atoms with E-state index in [1.54, 1.807) is 6.20 Å². The second-order valence-corrected chi connectivity index (χ2v) is 8.03. The van der Waals surface area contributed by atoms with Gasteiger partial charge >= 0.3 is 0 Å². The van der Waals surface area contributed by atoms with Crippen LogP contribution in [0.1, 0.15) is 18.9 Å².